The van der Waals surface area contributed by atoms with Crippen LogP contribution in [0.2, 0.25) is 5.02 Å². The lowest BCUT2D eigenvalue weighted by Crippen LogP contribution is -2.32. The van der Waals surface area contributed by atoms with Gasteiger partial charge in [-0.2, -0.15) is 4.80 Å². The van der Waals surface area contributed by atoms with Crippen LogP contribution in [0.3, 0.4) is 0 Å². The van der Waals surface area contributed by atoms with Crippen molar-refractivity contribution in [2.75, 3.05) is 5.32 Å². The molecule has 0 unspecified atom stereocenters. The van der Waals surface area contributed by atoms with Gasteiger partial charge >= 0.3 is 5.97 Å². The third-order valence-electron chi connectivity index (χ3n) is 4.23. The molecule has 0 saturated heterocycles. The van der Waals surface area contributed by atoms with Crippen LogP contribution in [0.15, 0.2) is 42.5 Å². The highest BCUT2D eigenvalue weighted by Crippen LogP contribution is 2.20. The minimum Gasteiger partial charge on any atom is -0.451 e. The van der Waals surface area contributed by atoms with Crippen molar-refractivity contribution < 1.29 is 14.3 Å². The first-order valence-electron chi connectivity index (χ1n) is 8.94. The lowest BCUT2D eigenvalue weighted by Gasteiger charge is -2.16. The summed E-state index contributed by atoms with van der Waals surface area (Å²) in [5, 5.41) is 15.3. The van der Waals surface area contributed by atoms with E-state index in [9.17, 15) is 9.59 Å². The number of amides is 1. The molecule has 1 atom stereocenters. The lowest BCUT2D eigenvalue weighted by atomic mass is 10.1. The van der Waals surface area contributed by atoms with E-state index in [1.807, 2.05) is 32.0 Å². The molecule has 3 aromatic rings. The number of benzene rings is 2. The number of aromatic nitrogens is 4. The smallest absolute Gasteiger partial charge is 0.330 e. The molecular weight excluding hydrogens is 394 g/mol. The number of halogens is 1. The second-order valence-electron chi connectivity index (χ2n) is 6.54. The van der Waals surface area contributed by atoms with E-state index in [2.05, 4.69) is 20.7 Å². The first-order valence-corrected chi connectivity index (χ1v) is 9.31. The minimum atomic E-state index is -0.972. The van der Waals surface area contributed by atoms with Crippen molar-refractivity contribution in [2.45, 2.75) is 33.4 Å². The summed E-state index contributed by atoms with van der Waals surface area (Å²) >= 11 is 5.86. The Kier molecular flexibility index (Phi) is 6.23. The minimum absolute atomic E-state index is 0.262. The Morgan fingerprint density at radius 1 is 1.14 bits per heavy atom. The van der Waals surface area contributed by atoms with Crippen LogP contribution in [-0.4, -0.2) is 38.2 Å². The van der Waals surface area contributed by atoms with E-state index >= 15 is 0 Å². The molecule has 29 heavy (non-hydrogen) atoms. The molecule has 3 rings (SSSR count). The van der Waals surface area contributed by atoms with Crippen molar-refractivity contribution in [3.05, 3.63) is 58.6 Å². The van der Waals surface area contributed by atoms with Crippen molar-refractivity contribution in [2.24, 2.45) is 0 Å². The highest BCUT2D eigenvalue weighted by Gasteiger charge is 2.20. The molecule has 1 amide bonds. The Morgan fingerprint density at radius 2 is 1.79 bits per heavy atom. The van der Waals surface area contributed by atoms with Gasteiger partial charge in [-0.25, -0.2) is 4.79 Å². The van der Waals surface area contributed by atoms with Crippen molar-refractivity contribution in [3.8, 4) is 11.4 Å². The largest absolute Gasteiger partial charge is 0.451 e. The van der Waals surface area contributed by atoms with Gasteiger partial charge in [0.1, 0.15) is 0 Å². The number of ether oxygens (including phenoxy) is 1. The van der Waals surface area contributed by atoms with Crippen molar-refractivity contribution in [1.82, 2.24) is 20.2 Å². The molecule has 0 fully saturated rings. The standard InChI is InChI=1S/C20H20ClN5O3/c1-12-5-4-6-13(2)18(12)22-20(28)14(3)29-17(27)11-26-24-19(23-25-26)15-7-9-16(21)10-8-15/h4-10,14H,11H2,1-3H3,(H,22,28)/t14-/m0/s1. The quantitative estimate of drug-likeness (QED) is 0.623. The van der Waals surface area contributed by atoms with E-state index in [1.54, 1.807) is 24.3 Å². The molecule has 1 heterocycles. The number of esters is 1. The van der Waals surface area contributed by atoms with E-state index in [-0.39, 0.29) is 6.54 Å². The maximum absolute atomic E-state index is 12.4. The number of hydrogen-bond donors (Lipinski definition) is 1. The summed E-state index contributed by atoms with van der Waals surface area (Å²) in [6.45, 7) is 5.04. The zero-order chi connectivity index (χ0) is 21.0. The van der Waals surface area contributed by atoms with Crippen LogP contribution in [0, 0.1) is 13.8 Å². The summed E-state index contributed by atoms with van der Waals surface area (Å²) < 4.78 is 5.20. The summed E-state index contributed by atoms with van der Waals surface area (Å²) in [6, 6.07) is 12.6. The highest BCUT2D eigenvalue weighted by molar-refractivity contribution is 6.30. The first kappa shape index (κ1) is 20.5. The fourth-order valence-corrected chi connectivity index (χ4v) is 2.79. The molecule has 0 saturated carbocycles. The van der Waals surface area contributed by atoms with Gasteiger partial charge in [-0.15, -0.1) is 10.2 Å². The summed E-state index contributed by atoms with van der Waals surface area (Å²) in [5.74, 6) is -0.700. The third-order valence-corrected chi connectivity index (χ3v) is 4.48. The summed E-state index contributed by atoms with van der Waals surface area (Å²) in [5.41, 5.74) is 3.29. The van der Waals surface area contributed by atoms with Crippen LogP contribution in [-0.2, 0) is 20.9 Å². The molecule has 2 aromatic carbocycles. The maximum Gasteiger partial charge on any atom is 0.330 e. The Bertz CT molecular complexity index is 1010. The van der Waals surface area contributed by atoms with E-state index < -0.39 is 18.0 Å². The number of tetrazole rings is 1. The number of aryl methyl sites for hydroxylation is 2. The Balaban J connectivity index is 1.57. The van der Waals surface area contributed by atoms with Crippen LogP contribution in [0.4, 0.5) is 5.69 Å². The van der Waals surface area contributed by atoms with Crippen molar-refractivity contribution in [1.29, 1.82) is 0 Å². The van der Waals surface area contributed by atoms with Gasteiger partial charge in [0.15, 0.2) is 12.6 Å². The highest BCUT2D eigenvalue weighted by atomic mass is 35.5. The van der Waals surface area contributed by atoms with Gasteiger partial charge in [0.2, 0.25) is 5.82 Å². The Hall–Kier alpha value is -3.26. The van der Waals surface area contributed by atoms with Gasteiger partial charge < -0.3 is 10.1 Å². The summed E-state index contributed by atoms with van der Waals surface area (Å²) in [7, 11) is 0. The second kappa shape index (κ2) is 8.83. The van der Waals surface area contributed by atoms with E-state index in [1.165, 1.54) is 6.92 Å². The molecule has 0 radical (unpaired) electrons. The molecule has 0 bridgehead atoms. The summed E-state index contributed by atoms with van der Waals surface area (Å²) in [4.78, 5) is 25.6. The molecule has 0 spiro atoms. The zero-order valence-electron chi connectivity index (χ0n) is 16.2. The number of para-hydroxylation sites is 1. The van der Waals surface area contributed by atoms with Gasteiger partial charge in [-0.3, -0.25) is 4.79 Å². The fraction of sp³-hybridized carbons (Fsp3) is 0.250. The number of nitrogens with zero attached hydrogens (tertiary/aromatic N) is 4. The number of hydrogen-bond acceptors (Lipinski definition) is 6. The molecule has 1 N–H and O–H groups in total. The van der Waals surface area contributed by atoms with Crippen LogP contribution in [0.25, 0.3) is 11.4 Å². The number of carbonyl (C=O) groups excluding carboxylic acids is 2. The fourth-order valence-electron chi connectivity index (χ4n) is 2.66. The average Bonchev–Trinajstić information content (AvgIpc) is 3.13. The average molecular weight is 414 g/mol. The van der Waals surface area contributed by atoms with Gasteiger partial charge in [-0.1, -0.05) is 29.8 Å². The molecule has 150 valence electrons. The van der Waals surface area contributed by atoms with Crippen LogP contribution in [0.5, 0.6) is 0 Å². The zero-order valence-corrected chi connectivity index (χ0v) is 17.0. The number of anilines is 1. The van der Waals surface area contributed by atoms with Gasteiger partial charge in [0, 0.05) is 16.3 Å². The molecule has 0 aliphatic heterocycles. The van der Waals surface area contributed by atoms with Crippen molar-refractivity contribution in [3.63, 3.8) is 0 Å². The molecule has 0 aliphatic rings. The molecule has 1 aromatic heterocycles. The molecular formula is C20H20ClN5O3. The van der Waals surface area contributed by atoms with Crippen LogP contribution >= 0.6 is 11.6 Å². The normalized spacial score (nSPS) is 11.7. The number of nitrogens with one attached hydrogen (secondary N) is 1. The first-order chi connectivity index (χ1) is 13.8. The number of carbonyl (C=O) groups is 2. The van der Waals surface area contributed by atoms with E-state index in [4.69, 9.17) is 16.3 Å². The van der Waals surface area contributed by atoms with Gasteiger partial charge in [-0.05, 0) is 61.4 Å². The third kappa shape index (κ3) is 5.17. The second-order valence-corrected chi connectivity index (χ2v) is 6.97. The topological polar surface area (TPSA) is 99.0 Å². The predicted octanol–water partition coefficient (Wildman–Crippen LogP) is 3.18. The van der Waals surface area contributed by atoms with E-state index in [0.29, 0.717) is 16.5 Å². The Labute approximate surface area is 172 Å². The number of rotatable bonds is 6. The molecule has 0 aliphatic carbocycles. The lowest BCUT2D eigenvalue weighted by molar-refractivity contribution is -0.154. The van der Waals surface area contributed by atoms with Crippen LogP contribution in [0.1, 0.15) is 18.1 Å². The van der Waals surface area contributed by atoms with Crippen LogP contribution < -0.4 is 5.32 Å². The SMILES string of the molecule is Cc1cccc(C)c1NC(=O)[C@H](C)OC(=O)Cn1nnc(-c2ccc(Cl)cc2)n1. The Morgan fingerprint density at radius 3 is 2.45 bits per heavy atom. The molecule has 8 nitrogen and oxygen atoms in total. The predicted molar refractivity (Wildman–Crippen MR) is 108 cm³/mol. The maximum atomic E-state index is 12.4. The summed E-state index contributed by atoms with van der Waals surface area (Å²) in [6.07, 6.45) is -0.972. The van der Waals surface area contributed by atoms with Gasteiger partial charge in [0.25, 0.3) is 5.91 Å². The van der Waals surface area contributed by atoms with E-state index in [0.717, 1.165) is 21.5 Å². The van der Waals surface area contributed by atoms with Crippen molar-refractivity contribution >= 4 is 29.2 Å². The van der Waals surface area contributed by atoms with Gasteiger partial charge in [0.05, 0.1) is 0 Å². The molecule has 9 heteroatoms. The monoisotopic (exact) mass is 413 g/mol.